The Kier molecular flexibility index (Phi) is 4.60. The Morgan fingerprint density at radius 3 is 2.41 bits per heavy atom. The first-order valence-corrected chi connectivity index (χ1v) is 8.58. The number of carbonyl (C=O) groups excluding carboxylic acids is 2. The van der Waals surface area contributed by atoms with Gasteiger partial charge in [0.25, 0.3) is 5.91 Å². The fourth-order valence-electron chi connectivity index (χ4n) is 3.06. The van der Waals surface area contributed by atoms with Crippen LogP contribution in [0.25, 0.3) is 5.69 Å². The molecule has 0 saturated carbocycles. The molecule has 0 bridgehead atoms. The molecule has 3 heterocycles. The molecule has 2 amide bonds. The van der Waals surface area contributed by atoms with Gasteiger partial charge in [-0.05, 0) is 22.6 Å². The summed E-state index contributed by atoms with van der Waals surface area (Å²) in [4.78, 5) is 32.8. The Morgan fingerprint density at radius 2 is 1.70 bits per heavy atom. The number of piperazine rings is 1. The van der Waals surface area contributed by atoms with Crippen molar-refractivity contribution in [2.45, 2.75) is 6.54 Å². The van der Waals surface area contributed by atoms with Crippen molar-refractivity contribution in [3.05, 3.63) is 54.9 Å². The Bertz CT molecular complexity index is 914. The SMILES string of the molecule is O=C(Cn1cnnn1)N1CCN(C(=O)c2cncn2-c2ccccc2)CC1. The molecule has 10 nitrogen and oxygen atoms in total. The first-order valence-electron chi connectivity index (χ1n) is 8.58. The molecule has 10 heteroatoms. The van der Waals surface area contributed by atoms with E-state index in [1.165, 1.54) is 11.0 Å². The molecule has 3 aromatic rings. The number of hydrogen-bond donors (Lipinski definition) is 0. The van der Waals surface area contributed by atoms with E-state index in [-0.39, 0.29) is 18.4 Å². The van der Waals surface area contributed by atoms with Crippen LogP contribution in [0.2, 0.25) is 0 Å². The molecule has 138 valence electrons. The van der Waals surface area contributed by atoms with Crippen molar-refractivity contribution in [3.8, 4) is 5.69 Å². The number of tetrazole rings is 1. The van der Waals surface area contributed by atoms with Crippen LogP contribution in [0.3, 0.4) is 0 Å². The minimum Gasteiger partial charge on any atom is -0.338 e. The first-order chi connectivity index (χ1) is 13.2. The molecule has 0 spiro atoms. The van der Waals surface area contributed by atoms with E-state index in [1.807, 2.05) is 30.3 Å². The van der Waals surface area contributed by atoms with Crippen LogP contribution in [0.1, 0.15) is 10.5 Å². The van der Waals surface area contributed by atoms with Gasteiger partial charge in [0, 0.05) is 31.9 Å². The van der Waals surface area contributed by atoms with Gasteiger partial charge in [-0.2, -0.15) is 0 Å². The number of para-hydroxylation sites is 1. The van der Waals surface area contributed by atoms with Crippen LogP contribution in [0, 0.1) is 0 Å². The summed E-state index contributed by atoms with van der Waals surface area (Å²) in [6, 6.07) is 9.60. The van der Waals surface area contributed by atoms with Crippen molar-refractivity contribution in [3.63, 3.8) is 0 Å². The quantitative estimate of drug-likeness (QED) is 0.636. The number of amides is 2. The zero-order valence-corrected chi connectivity index (χ0v) is 14.5. The molecule has 0 unspecified atom stereocenters. The number of aromatic nitrogens is 6. The van der Waals surface area contributed by atoms with Crippen LogP contribution in [0.4, 0.5) is 0 Å². The van der Waals surface area contributed by atoms with E-state index < -0.39 is 0 Å². The van der Waals surface area contributed by atoms with Crippen LogP contribution in [0.15, 0.2) is 49.2 Å². The Labute approximate surface area is 155 Å². The van der Waals surface area contributed by atoms with Gasteiger partial charge < -0.3 is 9.80 Å². The lowest BCUT2D eigenvalue weighted by atomic mass is 10.2. The molecule has 1 fully saturated rings. The number of imidazole rings is 1. The Hall–Kier alpha value is -3.56. The number of benzene rings is 1. The highest BCUT2D eigenvalue weighted by Gasteiger charge is 2.27. The second kappa shape index (κ2) is 7.36. The number of nitrogens with zero attached hydrogens (tertiary/aromatic N) is 8. The van der Waals surface area contributed by atoms with E-state index in [4.69, 9.17) is 0 Å². The van der Waals surface area contributed by atoms with Crippen LogP contribution in [0.5, 0.6) is 0 Å². The molecular weight excluding hydrogens is 348 g/mol. The lowest BCUT2D eigenvalue weighted by Gasteiger charge is -2.34. The summed E-state index contributed by atoms with van der Waals surface area (Å²) in [5.74, 6) is -0.160. The van der Waals surface area contributed by atoms with E-state index >= 15 is 0 Å². The predicted molar refractivity (Wildman–Crippen MR) is 93.9 cm³/mol. The van der Waals surface area contributed by atoms with E-state index in [0.717, 1.165) is 5.69 Å². The highest BCUT2D eigenvalue weighted by Crippen LogP contribution is 2.14. The van der Waals surface area contributed by atoms with E-state index in [0.29, 0.717) is 31.9 Å². The van der Waals surface area contributed by atoms with Crippen LogP contribution in [-0.4, -0.2) is 77.6 Å². The predicted octanol–water partition coefficient (Wildman–Crippen LogP) is -0.157. The van der Waals surface area contributed by atoms with E-state index in [2.05, 4.69) is 20.5 Å². The summed E-state index contributed by atoms with van der Waals surface area (Å²) >= 11 is 0. The average Bonchev–Trinajstić information content (AvgIpc) is 3.40. The second-order valence-electron chi connectivity index (χ2n) is 6.16. The largest absolute Gasteiger partial charge is 0.338 e. The van der Waals surface area contributed by atoms with Crippen LogP contribution >= 0.6 is 0 Å². The van der Waals surface area contributed by atoms with Gasteiger partial charge in [-0.25, -0.2) is 9.67 Å². The van der Waals surface area contributed by atoms with E-state index in [9.17, 15) is 9.59 Å². The zero-order valence-electron chi connectivity index (χ0n) is 14.5. The van der Waals surface area contributed by atoms with Gasteiger partial charge >= 0.3 is 0 Å². The maximum atomic E-state index is 12.9. The van der Waals surface area contributed by atoms with Crippen LogP contribution < -0.4 is 0 Å². The Balaban J connectivity index is 1.40. The van der Waals surface area contributed by atoms with Gasteiger partial charge in [0.2, 0.25) is 5.91 Å². The highest BCUT2D eigenvalue weighted by atomic mass is 16.2. The van der Waals surface area contributed by atoms with Gasteiger partial charge in [0.05, 0.1) is 12.5 Å². The van der Waals surface area contributed by atoms with Gasteiger partial charge in [-0.15, -0.1) is 5.10 Å². The average molecular weight is 366 g/mol. The van der Waals surface area contributed by atoms with Gasteiger partial charge in [-0.3, -0.25) is 14.2 Å². The van der Waals surface area contributed by atoms with Crippen molar-refractivity contribution in [2.24, 2.45) is 0 Å². The summed E-state index contributed by atoms with van der Waals surface area (Å²) in [5, 5.41) is 10.7. The van der Waals surface area contributed by atoms with Crippen molar-refractivity contribution in [2.75, 3.05) is 26.2 Å². The maximum absolute atomic E-state index is 12.9. The lowest BCUT2D eigenvalue weighted by Crippen LogP contribution is -2.51. The zero-order chi connectivity index (χ0) is 18.6. The van der Waals surface area contributed by atoms with Crippen molar-refractivity contribution < 1.29 is 9.59 Å². The standard InChI is InChI=1S/C17H18N8O2/c26-16(11-24-13-19-20-21-24)22-6-8-23(9-7-22)17(27)15-10-18-12-25(15)14-4-2-1-3-5-14/h1-5,10,12-13H,6-9,11H2. The molecule has 4 rings (SSSR count). The van der Waals surface area contributed by atoms with Crippen molar-refractivity contribution in [1.82, 2.24) is 39.6 Å². The summed E-state index contributed by atoms with van der Waals surface area (Å²) < 4.78 is 3.16. The molecule has 2 aromatic heterocycles. The Morgan fingerprint density at radius 1 is 0.963 bits per heavy atom. The number of hydrogen-bond acceptors (Lipinski definition) is 6. The molecule has 0 atom stereocenters. The van der Waals surface area contributed by atoms with Gasteiger partial charge in [-0.1, -0.05) is 18.2 Å². The third-order valence-electron chi connectivity index (χ3n) is 4.50. The molecule has 1 aliphatic heterocycles. The summed E-state index contributed by atoms with van der Waals surface area (Å²) in [6.45, 7) is 2.00. The van der Waals surface area contributed by atoms with E-state index in [1.54, 1.807) is 26.9 Å². The van der Waals surface area contributed by atoms with Crippen molar-refractivity contribution >= 4 is 11.8 Å². The molecule has 0 N–H and O–H groups in total. The van der Waals surface area contributed by atoms with Gasteiger partial charge in [0.1, 0.15) is 18.6 Å². The van der Waals surface area contributed by atoms with Crippen molar-refractivity contribution in [1.29, 1.82) is 0 Å². The minimum atomic E-state index is -0.0936. The molecule has 27 heavy (non-hydrogen) atoms. The third-order valence-corrected chi connectivity index (χ3v) is 4.50. The fraction of sp³-hybridized carbons (Fsp3) is 0.294. The summed E-state index contributed by atoms with van der Waals surface area (Å²) in [5.41, 5.74) is 1.39. The smallest absolute Gasteiger partial charge is 0.272 e. The molecule has 1 aliphatic rings. The second-order valence-corrected chi connectivity index (χ2v) is 6.16. The normalized spacial score (nSPS) is 14.4. The maximum Gasteiger partial charge on any atom is 0.272 e. The van der Waals surface area contributed by atoms with Crippen LogP contribution in [-0.2, 0) is 11.3 Å². The topological polar surface area (TPSA) is 102 Å². The monoisotopic (exact) mass is 366 g/mol. The minimum absolute atomic E-state index is 0.0660. The first kappa shape index (κ1) is 16.9. The third kappa shape index (κ3) is 3.54. The molecular formula is C17H18N8O2. The summed E-state index contributed by atoms with van der Waals surface area (Å²) in [7, 11) is 0. The number of rotatable bonds is 4. The molecule has 1 saturated heterocycles. The highest BCUT2D eigenvalue weighted by molar-refractivity contribution is 5.93. The lowest BCUT2D eigenvalue weighted by molar-refractivity contribution is -0.133. The molecule has 0 aliphatic carbocycles. The fourth-order valence-corrected chi connectivity index (χ4v) is 3.06. The molecule has 1 aromatic carbocycles. The van der Waals surface area contributed by atoms with Gasteiger partial charge in [0.15, 0.2) is 0 Å². The number of carbonyl (C=O) groups is 2. The summed E-state index contributed by atoms with van der Waals surface area (Å²) in [6.07, 6.45) is 4.61. The molecule has 0 radical (unpaired) electrons.